The third-order valence-electron chi connectivity index (χ3n) is 5.39. The van der Waals surface area contributed by atoms with E-state index in [4.69, 9.17) is 0 Å². The van der Waals surface area contributed by atoms with E-state index in [1.807, 2.05) is 18.2 Å². The van der Waals surface area contributed by atoms with Crippen LogP contribution in [0.25, 0.3) is 17.7 Å². The van der Waals surface area contributed by atoms with Crippen molar-refractivity contribution in [3.63, 3.8) is 0 Å². The van der Waals surface area contributed by atoms with E-state index in [1.54, 1.807) is 12.1 Å². The molecule has 0 amide bonds. The highest BCUT2D eigenvalue weighted by Gasteiger charge is 2.35. The Morgan fingerprint density at radius 2 is 1.69 bits per heavy atom. The van der Waals surface area contributed by atoms with Gasteiger partial charge in [0.15, 0.2) is 23.0 Å². The molecule has 4 rings (SSSR count). The molecule has 134 valence electrons. The van der Waals surface area contributed by atoms with Crippen LogP contribution in [0.5, 0.6) is 23.0 Å². The lowest BCUT2D eigenvalue weighted by Crippen LogP contribution is -2.21. The van der Waals surface area contributed by atoms with Gasteiger partial charge < -0.3 is 20.4 Å². The minimum atomic E-state index is -0.137. The number of fused-ring (bicyclic) bond motifs is 4. The zero-order valence-electron chi connectivity index (χ0n) is 14.8. The molecule has 0 bridgehead atoms. The first-order chi connectivity index (χ1) is 12.4. The number of phenols is 4. The molecule has 2 aliphatic rings. The molecule has 4 heteroatoms. The van der Waals surface area contributed by atoms with Crippen LogP contribution in [-0.4, -0.2) is 20.4 Å². The normalized spacial score (nSPS) is 20.3. The summed E-state index contributed by atoms with van der Waals surface area (Å²) < 4.78 is 0. The van der Waals surface area contributed by atoms with Crippen molar-refractivity contribution in [3.05, 3.63) is 52.6 Å². The Balaban J connectivity index is 1.95. The van der Waals surface area contributed by atoms with Gasteiger partial charge in [-0.15, -0.1) is 0 Å². The highest BCUT2D eigenvalue weighted by atomic mass is 16.3. The van der Waals surface area contributed by atoms with Gasteiger partial charge in [-0.2, -0.15) is 0 Å². The van der Waals surface area contributed by atoms with Crippen LogP contribution in [0.4, 0.5) is 0 Å². The van der Waals surface area contributed by atoms with E-state index >= 15 is 0 Å². The third kappa shape index (κ3) is 2.45. The number of rotatable bonds is 2. The number of phenolic OH excluding ortho intramolecular Hbond substituents is 4. The molecule has 0 fully saturated rings. The molecule has 0 spiro atoms. The summed E-state index contributed by atoms with van der Waals surface area (Å²) in [4.78, 5) is 0. The van der Waals surface area contributed by atoms with Crippen LogP contribution < -0.4 is 0 Å². The standard InChI is InChI=1S/C22H22O4/c1-11(2)7-17-14-3-4-15-13(5-6-19(23)22(15)26)18(14)8-12-9-20(24)21(25)10-16(12)17/h3-6,8-11,14,17,23-26H,7H2,1-2H3. The fourth-order valence-electron chi connectivity index (χ4n) is 4.22. The molecular formula is C22H22O4. The molecule has 0 aliphatic heterocycles. The summed E-state index contributed by atoms with van der Waals surface area (Å²) >= 11 is 0. The van der Waals surface area contributed by atoms with Crippen LogP contribution in [0, 0.1) is 11.8 Å². The Labute approximate surface area is 152 Å². The second-order valence-electron chi connectivity index (χ2n) is 7.58. The van der Waals surface area contributed by atoms with Crippen molar-refractivity contribution >= 4 is 17.7 Å². The number of allylic oxidation sites excluding steroid dienone is 2. The third-order valence-corrected chi connectivity index (χ3v) is 5.39. The molecule has 0 saturated heterocycles. The average Bonchev–Trinajstić information content (AvgIpc) is 2.59. The lowest BCUT2D eigenvalue weighted by Gasteiger charge is -2.36. The van der Waals surface area contributed by atoms with Gasteiger partial charge in [-0.05, 0) is 58.7 Å². The monoisotopic (exact) mass is 350 g/mol. The quantitative estimate of drug-likeness (QED) is 0.585. The SMILES string of the molecule is CC(C)CC1c2cc(O)c(O)cc2C=C2c3ccc(O)c(O)c3C=CC21. The van der Waals surface area contributed by atoms with Gasteiger partial charge in [0.25, 0.3) is 0 Å². The highest BCUT2D eigenvalue weighted by molar-refractivity contribution is 5.94. The van der Waals surface area contributed by atoms with Crippen LogP contribution in [0.15, 0.2) is 30.3 Å². The van der Waals surface area contributed by atoms with Crippen LogP contribution in [0.2, 0.25) is 0 Å². The van der Waals surface area contributed by atoms with Crippen molar-refractivity contribution in [2.75, 3.05) is 0 Å². The van der Waals surface area contributed by atoms with Gasteiger partial charge in [0.2, 0.25) is 0 Å². The fourth-order valence-corrected chi connectivity index (χ4v) is 4.22. The molecule has 4 nitrogen and oxygen atoms in total. The Hall–Kier alpha value is -2.88. The second-order valence-corrected chi connectivity index (χ2v) is 7.58. The Bertz CT molecular complexity index is 953. The molecule has 4 N–H and O–H groups in total. The van der Waals surface area contributed by atoms with Crippen LogP contribution in [0.3, 0.4) is 0 Å². The van der Waals surface area contributed by atoms with Gasteiger partial charge in [0, 0.05) is 11.5 Å². The van der Waals surface area contributed by atoms with E-state index in [0.717, 1.165) is 28.7 Å². The minimum Gasteiger partial charge on any atom is -0.504 e. The summed E-state index contributed by atoms with van der Waals surface area (Å²) in [5.41, 5.74) is 4.47. The van der Waals surface area contributed by atoms with E-state index in [9.17, 15) is 20.4 Å². The molecule has 2 aliphatic carbocycles. The smallest absolute Gasteiger partial charge is 0.165 e. The summed E-state index contributed by atoms with van der Waals surface area (Å²) in [6.07, 6.45) is 6.87. The Kier molecular flexibility index (Phi) is 3.72. The molecule has 0 heterocycles. The zero-order chi connectivity index (χ0) is 18.6. The van der Waals surface area contributed by atoms with Gasteiger partial charge in [0.05, 0.1) is 0 Å². The van der Waals surface area contributed by atoms with E-state index in [-0.39, 0.29) is 34.8 Å². The molecule has 2 aromatic carbocycles. The van der Waals surface area contributed by atoms with Gasteiger partial charge in [-0.3, -0.25) is 0 Å². The average molecular weight is 350 g/mol. The van der Waals surface area contributed by atoms with Gasteiger partial charge in [0.1, 0.15) is 0 Å². The van der Waals surface area contributed by atoms with Crippen LogP contribution in [-0.2, 0) is 0 Å². The van der Waals surface area contributed by atoms with Crippen LogP contribution in [0.1, 0.15) is 48.4 Å². The lowest BCUT2D eigenvalue weighted by molar-refractivity contribution is 0.399. The molecular weight excluding hydrogens is 328 g/mol. The van der Waals surface area contributed by atoms with Crippen molar-refractivity contribution < 1.29 is 20.4 Å². The van der Waals surface area contributed by atoms with Crippen LogP contribution >= 0.6 is 0 Å². The van der Waals surface area contributed by atoms with E-state index in [1.165, 1.54) is 6.07 Å². The van der Waals surface area contributed by atoms with Gasteiger partial charge in [-0.25, -0.2) is 0 Å². The first kappa shape index (κ1) is 16.6. The molecule has 0 aromatic heterocycles. The predicted octanol–water partition coefficient (Wildman–Crippen LogP) is 4.84. The number of benzene rings is 2. The summed E-state index contributed by atoms with van der Waals surface area (Å²) in [5, 5.41) is 40.0. The Morgan fingerprint density at radius 3 is 2.42 bits per heavy atom. The van der Waals surface area contributed by atoms with Crippen molar-refractivity contribution in [2.24, 2.45) is 11.8 Å². The maximum Gasteiger partial charge on any atom is 0.165 e. The molecule has 2 unspecified atom stereocenters. The number of hydrogen-bond donors (Lipinski definition) is 4. The van der Waals surface area contributed by atoms with Gasteiger partial charge in [-0.1, -0.05) is 38.1 Å². The number of aromatic hydroxyl groups is 4. The van der Waals surface area contributed by atoms with Crippen molar-refractivity contribution in [1.82, 2.24) is 0 Å². The first-order valence-electron chi connectivity index (χ1n) is 8.87. The summed E-state index contributed by atoms with van der Waals surface area (Å²) in [6, 6.07) is 6.60. The maximum absolute atomic E-state index is 10.2. The molecule has 2 aromatic rings. The second kappa shape index (κ2) is 5.84. The first-order valence-corrected chi connectivity index (χ1v) is 8.87. The van der Waals surface area contributed by atoms with Crippen molar-refractivity contribution in [1.29, 1.82) is 0 Å². The largest absolute Gasteiger partial charge is 0.504 e. The van der Waals surface area contributed by atoms with E-state index < -0.39 is 0 Å². The number of hydrogen-bond acceptors (Lipinski definition) is 4. The molecule has 0 saturated carbocycles. The topological polar surface area (TPSA) is 80.9 Å². The zero-order valence-corrected chi connectivity index (χ0v) is 14.8. The molecule has 2 atom stereocenters. The van der Waals surface area contributed by atoms with Gasteiger partial charge >= 0.3 is 0 Å². The van der Waals surface area contributed by atoms with Crippen molar-refractivity contribution in [3.8, 4) is 23.0 Å². The fraction of sp³-hybridized carbons (Fsp3) is 0.273. The minimum absolute atomic E-state index is 0.0999. The molecule has 0 radical (unpaired) electrons. The predicted molar refractivity (Wildman–Crippen MR) is 102 cm³/mol. The summed E-state index contributed by atoms with van der Waals surface area (Å²) in [7, 11) is 0. The molecule has 26 heavy (non-hydrogen) atoms. The maximum atomic E-state index is 10.2. The lowest BCUT2D eigenvalue weighted by atomic mass is 9.67. The summed E-state index contributed by atoms with van der Waals surface area (Å²) in [5.74, 6) is 0.260. The van der Waals surface area contributed by atoms with Crippen molar-refractivity contribution in [2.45, 2.75) is 26.2 Å². The summed E-state index contributed by atoms with van der Waals surface area (Å²) in [6.45, 7) is 4.34. The Morgan fingerprint density at radius 1 is 0.962 bits per heavy atom. The van der Waals surface area contributed by atoms with E-state index in [0.29, 0.717) is 11.5 Å². The highest BCUT2D eigenvalue weighted by Crippen LogP contribution is 2.52. The van der Waals surface area contributed by atoms with E-state index in [2.05, 4.69) is 19.9 Å².